The van der Waals surface area contributed by atoms with Gasteiger partial charge in [-0.25, -0.2) is 4.79 Å². The van der Waals surface area contributed by atoms with Crippen molar-refractivity contribution in [2.24, 2.45) is 0 Å². The van der Waals surface area contributed by atoms with E-state index in [1.54, 1.807) is 6.92 Å². The summed E-state index contributed by atoms with van der Waals surface area (Å²) in [6, 6.07) is 0. The van der Waals surface area contributed by atoms with Crippen molar-refractivity contribution in [2.75, 3.05) is 13.2 Å². The maximum atomic E-state index is 11.1. The average molecular weight is 186 g/mol. The fourth-order valence-corrected chi connectivity index (χ4v) is 1.03. The molecule has 1 fully saturated rings. The minimum Gasteiger partial charge on any atom is -0.460 e. The van der Waals surface area contributed by atoms with Gasteiger partial charge >= 0.3 is 5.97 Å². The molecule has 1 saturated heterocycles. The van der Waals surface area contributed by atoms with Gasteiger partial charge < -0.3 is 9.47 Å². The van der Waals surface area contributed by atoms with Gasteiger partial charge in [-0.3, -0.25) is 9.59 Å². The Balaban J connectivity index is 2.56. The first kappa shape index (κ1) is 9.85. The molecule has 1 heterocycles. The Labute approximate surface area is 75.0 Å². The van der Waals surface area contributed by atoms with E-state index in [0.717, 1.165) is 0 Å². The summed E-state index contributed by atoms with van der Waals surface area (Å²) in [5.74, 6) is -2.25. The predicted molar refractivity (Wildman–Crippen MR) is 41.0 cm³/mol. The molecule has 0 spiro atoms. The summed E-state index contributed by atoms with van der Waals surface area (Å²) in [6.45, 7) is 1.91. The maximum absolute atomic E-state index is 11.1. The van der Waals surface area contributed by atoms with Crippen LogP contribution in [0.1, 0.15) is 13.3 Å². The molecule has 72 valence electrons. The Morgan fingerprint density at radius 1 is 1.62 bits per heavy atom. The quantitative estimate of drug-likeness (QED) is 0.337. The highest BCUT2D eigenvalue weighted by atomic mass is 16.5. The lowest BCUT2D eigenvalue weighted by Crippen LogP contribution is -2.34. The fourth-order valence-electron chi connectivity index (χ4n) is 1.03. The molecule has 0 bridgehead atoms. The second kappa shape index (κ2) is 4.13. The van der Waals surface area contributed by atoms with Crippen molar-refractivity contribution in [3.8, 4) is 0 Å². The van der Waals surface area contributed by atoms with Crippen molar-refractivity contribution >= 4 is 17.5 Å². The highest BCUT2D eigenvalue weighted by molar-refractivity contribution is 6.40. The third-order valence-corrected chi connectivity index (χ3v) is 1.64. The number of hydrogen-bond acceptors (Lipinski definition) is 5. The molecule has 5 nitrogen and oxygen atoms in total. The standard InChI is InChI=1S/C8H10O5/c1-2-12-8(11)6(10)7-5(9)3-4-13-7/h7H,2-4H2,1H3. The molecule has 0 aromatic rings. The number of carbonyl (C=O) groups excluding carboxylic acids is 3. The first-order chi connectivity index (χ1) is 6.16. The minimum absolute atomic E-state index is 0.117. The van der Waals surface area contributed by atoms with Crippen molar-refractivity contribution in [1.82, 2.24) is 0 Å². The third kappa shape index (κ3) is 2.12. The second-order valence-electron chi connectivity index (χ2n) is 2.55. The largest absolute Gasteiger partial charge is 0.460 e. The Hall–Kier alpha value is -1.23. The molecule has 1 aliphatic rings. The zero-order valence-electron chi connectivity index (χ0n) is 7.24. The lowest BCUT2D eigenvalue weighted by molar-refractivity contribution is -0.158. The minimum atomic E-state index is -1.22. The molecule has 0 aromatic heterocycles. The topological polar surface area (TPSA) is 69.7 Å². The van der Waals surface area contributed by atoms with E-state index in [0.29, 0.717) is 0 Å². The van der Waals surface area contributed by atoms with E-state index in [-0.39, 0.29) is 25.4 Å². The highest BCUT2D eigenvalue weighted by Gasteiger charge is 2.36. The number of hydrogen-bond donors (Lipinski definition) is 0. The Bertz CT molecular complexity index is 245. The van der Waals surface area contributed by atoms with E-state index < -0.39 is 17.9 Å². The van der Waals surface area contributed by atoms with Gasteiger partial charge in [-0.05, 0) is 6.92 Å². The average Bonchev–Trinajstić information content (AvgIpc) is 2.50. The van der Waals surface area contributed by atoms with Crippen LogP contribution in [0.2, 0.25) is 0 Å². The molecule has 1 aliphatic heterocycles. The third-order valence-electron chi connectivity index (χ3n) is 1.64. The SMILES string of the molecule is CCOC(=O)C(=O)C1OCCC1=O. The monoisotopic (exact) mass is 186 g/mol. The summed E-state index contributed by atoms with van der Waals surface area (Å²) >= 11 is 0. The van der Waals surface area contributed by atoms with Crippen LogP contribution in [0, 0.1) is 0 Å². The number of esters is 1. The van der Waals surface area contributed by atoms with Gasteiger partial charge in [-0.2, -0.15) is 0 Å². The molecule has 0 amide bonds. The molecular formula is C8H10O5. The highest BCUT2D eigenvalue weighted by Crippen LogP contribution is 2.09. The van der Waals surface area contributed by atoms with Crippen molar-refractivity contribution in [1.29, 1.82) is 0 Å². The van der Waals surface area contributed by atoms with Gasteiger partial charge in [-0.15, -0.1) is 0 Å². The first-order valence-corrected chi connectivity index (χ1v) is 4.02. The van der Waals surface area contributed by atoms with Gasteiger partial charge in [0.25, 0.3) is 5.78 Å². The van der Waals surface area contributed by atoms with E-state index in [9.17, 15) is 14.4 Å². The Morgan fingerprint density at radius 2 is 2.31 bits per heavy atom. The normalized spacial score (nSPS) is 21.6. The predicted octanol–water partition coefficient (Wildman–Crippen LogP) is -0.523. The van der Waals surface area contributed by atoms with Crippen LogP contribution >= 0.6 is 0 Å². The molecule has 5 heteroatoms. The van der Waals surface area contributed by atoms with E-state index in [1.807, 2.05) is 0 Å². The van der Waals surface area contributed by atoms with Crippen LogP contribution in [-0.4, -0.2) is 36.9 Å². The first-order valence-electron chi connectivity index (χ1n) is 4.02. The summed E-state index contributed by atoms with van der Waals surface area (Å²) in [7, 11) is 0. The van der Waals surface area contributed by atoms with Gasteiger partial charge in [0.2, 0.25) is 0 Å². The van der Waals surface area contributed by atoms with Crippen LogP contribution < -0.4 is 0 Å². The van der Waals surface area contributed by atoms with Crippen LogP contribution in [-0.2, 0) is 23.9 Å². The Kier molecular flexibility index (Phi) is 3.13. The smallest absolute Gasteiger partial charge is 0.377 e. The van der Waals surface area contributed by atoms with E-state index in [1.165, 1.54) is 0 Å². The van der Waals surface area contributed by atoms with Crippen LogP contribution in [0.4, 0.5) is 0 Å². The molecular weight excluding hydrogens is 176 g/mol. The molecule has 0 N–H and O–H groups in total. The van der Waals surface area contributed by atoms with Crippen LogP contribution in [0.3, 0.4) is 0 Å². The Morgan fingerprint density at radius 3 is 2.77 bits per heavy atom. The number of Topliss-reactive ketones (excluding diaryl/α,β-unsaturated/α-hetero) is 2. The summed E-state index contributed by atoms with van der Waals surface area (Å²) in [5.41, 5.74) is 0. The number of carbonyl (C=O) groups is 3. The van der Waals surface area contributed by atoms with E-state index >= 15 is 0 Å². The molecule has 1 rings (SSSR count). The lowest BCUT2D eigenvalue weighted by atomic mass is 10.1. The summed E-state index contributed by atoms with van der Waals surface area (Å²) in [4.78, 5) is 33.0. The van der Waals surface area contributed by atoms with Crippen molar-refractivity contribution < 1.29 is 23.9 Å². The lowest BCUT2D eigenvalue weighted by Gasteiger charge is -2.05. The molecule has 0 saturated carbocycles. The van der Waals surface area contributed by atoms with Gasteiger partial charge in [0.05, 0.1) is 13.2 Å². The van der Waals surface area contributed by atoms with Crippen molar-refractivity contribution in [3.63, 3.8) is 0 Å². The van der Waals surface area contributed by atoms with Gasteiger partial charge in [-0.1, -0.05) is 0 Å². The van der Waals surface area contributed by atoms with Crippen molar-refractivity contribution in [2.45, 2.75) is 19.4 Å². The van der Waals surface area contributed by atoms with Gasteiger partial charge in [0.1, 0.15) is 0 Å². The second-order valence-corrected chi connectivity index (χ2v) is 2.55. The number of rotatable bonds is 3. The number of ether oxygens (including phenoxy) is 2. The molecule has 1 atom stereocenters. The van der Waals surface area contributed by atoms with Gasteiger partial charge in [0, 0.05) is 6.42 Å². The van der Waals surface area contributed by atoms with Crippen LogP contribution in [0.25, 0.3) is 0 Å². The maximum Gasteiger partial charge on any atom is 0.377 e. The van der Waals surface area contributed by atoms with Crippen molar-refractivity contribution in [3.05, 3.63) is 0 Å². The van der Waals surface area contributed by atoms with Crippen LogP contribution in [0.15, 0.2) is 0 Å². The van der Waals surface area contributed by atoms with E-state index in [2.05, 4.69) is 4.74 Å². The summed E-state index contributed by atoms with van der Waals surface area (Å²) in [5, 5.41) is 0. The summed E-state index contributed by atoms with van der Waals surface area (Å²) < 4.78 is 9.24. The van der Waals surface area contributed by atoms with E-state index in [4.69, 9.17) is 4.74 Å². The molecule has 0 radical (unpaired) electrons. The molecule has 0 aliphatic carbocycles. The number of ketones is 2. The summed E-state index contributed by atoms with van der Waals surface area (Å²) in [6.07, 6.45) is -1.03. The zero-order chi connectivity index (χ0) is 9.84. The molecule has 1 unspecified atom stereocenters. The fraction of sp³-hybridized carbons (Fsp3) is 0.625. The molecule has 13 heavy (non-hydrogen) atoms. The molecule has 0 aromatic carbocycles. The van der Waals surface area contributed by atoms with Gasteiger partial charge in [0.15, 0.2) is 11.9 Å². The van der Waals surface area contributed by atoms with Crippen LogP contribution in [0.5, 0.6) is 0 Å². The zero-order valence-corrected chi connectivity index (χ0v) is 7.24.